The van der Waals surface area contributed by atoms with E-state index in [4.69, 9.17) is 17.0 Å². The summed E-state index contributed by atoms with van der Waals surface area (Å²) in [6.45, 7) is 0. The maximum Gasteiger partial charge on any atom is 0.264 e. The van der Waals surface area contributed by atoms with Gasteiger partial charge >= 0.3 is 0 Å². The first-order valence-electron chi connectivity index (χ1n) is 7.18. The van der Waals surface area contributed by atoms with Crippen LogP contribution in [0, 0.1) is 5.41 Å². The Labute approximate surface area is 143 Å². The standard InChI is InChI=1S/C18H14ClN3O2/c1-22-14(13-4-2-3-9-21-13)10-15(23)16(18(22)24)17(20)11-5-7-12(19)8-6-11/h2-10,20,23H,1H3. The molecule has 0 saturated carbocycles. The minimum Gasteiger partial charge on any atom is -0.507 e. The lowest BCUT2D eigenvalue weighted by atomic mass is 10.0. The van der Waals surface area contributed by atoms with Gasteiger partial charge in [-0.1, -0.05) is 29.8 Å². The number of aromatic nitrogens is 2. The van der Waals surface area contributed by atoms with Crippen molar-refractivity contribution in [1.29, 1.82) is 5.41 Å². The minimum absolute atomic E-state index is 0.0560. The first-order chi connectivity index (χ1) is 11.5. The van der Waals surface area contributed by atoms with Crippen LogP contribution in [0.15, 0.2) is 59.5 Å². The summed E-state index contributed by atoms with van der Waals surface area (Å²) in [6.07, 6.45) is 1.61. The number of rotatable bonds is 3. The van der Waals surface area contributed by atoms with E-state index in [9.17, 15) is 9.90 Å². The van der Waals surface area contributed by atoms with E-state index < -0.39 is 5.56 Å². The number of nitrogens with zero attached hydrogens (tertiary/aromatic N) is 2. The van der Waals surface area contributed by atoms with E-state index in [-0.39, 0.29) is 17.0 Å². The van der Waals surface area contributed by atoms with Crippen LogP contribution in [-0.4, -0.2) is 20.4 Å². The molecule has 6 heteroatoms. The van der Waals surface area contributed by atoms with E-state index in [1.165, 1.54) is 10.6 Å². The first kappa shape index (κ1) is 16.0. The number of benzene rings is 1. The molecule has 2 aromatic heterocycles. The Morgan fingerprint density at radius 3 is 2.54 bits per heavy atom. The molecule has 3 aromatic rings. The van der Waals surface area contributed by atoms with E-state index in [2.05, 4.69) is 4.98 Å². The summed E-state index contributed by atoms with van der Waals surface area (Å²) in [5, 5.41) is 19.1. The number of aromatic hydroxyl groups is 1. The summed E-state index contributed by atoms with van der Waals surface area (Å²) in [5.41, 5.74) is 0.965. The normalized spacial score (nSPS) is 10.6. The van der Waals surface area contributed by atoms with Crippen LogP contribution in [0.4, 0.5) is 0 Å². The lowest BCUT2D eigenvalue weighted by Crippen LogP contribution is -2.26. The molecule has 3 rings (SSSR count). The van der Waals surface area contributed by atoms with E-state index in [0.29, 0.717) is 22.0 Å². The lowest BCUT2D eigenvalue weighted by Gasteiger charge is -2.13. The van der Waals surface area contributed by atoms with Crippen molar-refractivity contribution in [2.75, 3.05) is 0 Å². The Bertz CT molecular complexity index is 964. The molecule has 0 aliphatic carbocycles. The summed E-state index contributed by atoms with van der Waals surface area (Å²) in [5.74, 6) is -0.251. The van der Waals surface area contributed by atoms with Crippen molar-refractivity contribution in [3.63, 3.8) is 0 Å². The van der Waals surface area contributed by atoms with E-state index in [1.54, 1.807) is 55.7 Å². The highest BCUT2D eigenvalue weighted by Crippen LogP contribution is 2.24. The third-order valence-corrected chi connectivity index (χ3v) is 3.97. The smallest absolute Gasteiger partial charge is 0.264 e. The Kier molecular flexibility index (Phi) is 4.18. The third-order valence-electron chi connectivity index (χ3n) is 3.72. The number of hydrogen-bond acceptors (Lipinski definition) is 4. The van der Waals surface area contributed by atoms with Crippen LogP contribution in [0.25, 0.3) is 11.4 Å². The minimum atomic E-state index is -0.462. The molecule has 2 N–H and O–H groups in total. The fraction of sp³-hybridized carbons (Fsp3) is 0.0556. The molecule has 0 radical (unpaired) electrons. The number of hydrogen-bond donors (Lipinski definition) is 2. The molecule has 0 atom stereocenters. The number of nitrogens with one attached hydrogen (secondary N) is 1. The summed E-state index contributed by atoms with van der Waals surface area (Å²) in [7, 11) is 1.59. The summed E-state index contributed by atoms with van der Waals surface area (Å²) in [6, 6.07) is 13.3. The quantitative estimate of drug-likeness (QED) is 0.719. The highest BCUT2D eigenvalue weighted by atomic mass is 35.5. The maximum absolute atomic E-state index is 12.7. The zero-order chi connectivity index (χ0) is 17.3. The van der Waals surface area contributed by atoms with Gasteiger partial charge in [-0.3, -0.25) is 15.2 Å². The summed E-state index contributed by atoms with van der Waals surface area (Å²) in [4.78, 5) is 16.9. The van der Waals surface area contributed by atoms with Crippen LogP contribution >= 0.6 is 11.6 Å². The topological polar surface area (TPSA) is 79.0 Å². The molecule has 0 bridgehead atoms. The molecule has 0 unspecified atom stereocenters. The molecule has 5 nitrogen and oxygen atoms in total. The van der Waals surface area contributed by atoms with Gasteiger partial charge in [-0.25, -0.2) is 0 Å². The van der Waals surface area contributed by atoms with Crippen molar-refractivity contribution in [3.05, 3.63) is 81.2 Å². The van der Waals surface area contributed by atoms with Crippen LogP contribution in [0.2, 0.25) is 5.02 Å². The van der Waals surface area contributed by atoms with Gasteiger partial charge in [0.25, 0.3) is 5.56 Å². The first-order valence-corrected chi connectivity index (χ1v) is 7.56. The van der Waals surface area contributed by atoms with Crippen molar-refractivity contribution < 1.29 is 5.11 Å². The largest absolute Gasteiger partial charge is 0.507 e. The van der Waals surface area contributed by atoms with Gasteiger partial charge in [0.05, 0.1) is 17.1 Å². The number of halogens is 1. The molecule has 0 fully saturated rings. The maximum atomic E-state index is 12.7. The van der Waals surface area contributed by atoms with Gasteiger partial charge in [0.2, 0.25) is 0 Å². The average molecular weight is 340 g/mol. The van der Waals surface area contributed by atoms with Crippen LogP contribution in [0.1, 0.15) is 11.1 Å². The molecule has 0 aliphatic rings. The van der Waals surface area contributed by atoms with Crippen LogP contribution in [0.5, 0.6) is 5.75 Å². The molecule has 24 heavy (non-hydrogen) atoms. The molecular weight excluding hydrogens is 326 g/mol. The second kappa shape index (κ2) is 6.29. The van der Waals surface area contributed by atoms with Gasteiger partial charge in [-0.15, -0.1) is 0 Å². The predicted molar refractivity (Wildman–Crippen MR) is 94.0 cm³/mol. The Hall–Kier alpha value is -2.92. The Morgan fingerprint density at radius 2 is 1.92 bits per heavy atom. The zero-order valence-electron chi connectivity index (χ0n) is 12.8. The van der Waals surface area contributed by atoms with Crippen LogP contribution < -0.4 is 5.56 Å². The molecule has 0 spiro atoms. The van der Waals surface area contributed by atoms with Gasteiger partial charge in [0.1, 0.15) is 11.3 Å². The van der Waals surface area contributed by atoms with E-state index in [1.807, 2.05) is 0 Å². The van der Waals surface area contributed by atoms with Gasteiger partial charge in [0, 0.05) is 29.9 Å². The molecular formula is C18H14ClN3O2. The lowest BCUT2D eigenvalue weighted by molar-refractivity contribution is 0.471. The SMILES string of the molecule is Cn1c(-c2ccccn2)cc(O)c(C(=N)c2ccc(Cl)cc2)c1=O. The Balaban J connectivity index is 2.14. The second-order valence-corrected chi connectivity index (χ2v) is 5.69. The van der Waals surface area contributed by atoms with Crippen molar-refractivity contribution in [2.24, 2.45) is 7.05 Å². The average Bonchev–Trinajstić information content (AvgIpc) is 2.59. The summed E-state index contributed by atoms with van der Waals surface area (Å²) < 4.78 is 1.38. The summed E-state index contributed by atoms with van der Waals surface area (Å²) >= 11 is 5.85. The molecule has 2 heterocycles. The zero-order valence-corrected chi connectivity index (χ0v) is 13.6. The fourth-order valence-corrected chi connectivity index (χ4v) is 2.57. The molecule has 120 valence electrons. The van der Waals surface area contributed by atoms with Gasteiger partial charge in [0.15, 0.2) is 0 Å². The van der Waals surface area contributed by atoms with Gasteiger partial charge in [-0.05, 0) is 24.3 Å². The molecule has 1 aromatic carbocycles. The molecule has 0 amide bonds. The van der Waals surface area contributed by atoms with Gasteiger partial charge in [-0.2, -0.15) is 0 Å². The molecule has 0 aliphatic heterocycles. The van der Waals surface area contributed by atoms with Crippen molar-refractivity contribution in [1.82, 2.24) is 9.55 Å². The van der Waals surface area contributed by atoms with Crippen molar-refractivity contribution in [3.8, 4) is 17.1 Å². The monoisotopic (exact) mass is 339 g/mol. The van der Waals surface area contributed by atoms with Crippen LogP contribution in [-0.2, 0) is 7.05 Å². The van der Waals surface area contributed by atoms with E-state index >= 15 is 0 Å². The number of pyridine rings is 2. The van der Waals surface area contributed by atoms with Crippen molar-refractivity contribution >= 4 is 17.3 Å². The molecule has 0 saturated heterocycles. The fourth-order valence-electron chi connectivity index (χ4n) is 2.44. The van der Waals surface area contributed by atoms with E-state index in [0.717, 1.165) is 0 Å². The second-order valence-electron chi connectivity index (χ2n) is 5.25. The third kappa shape index (κ3) is 2.81. The van der Waals surface area contributed by atoms with Crippen molar-refractivity contribution in [2.45, 2.75) is 0 Å². The highest BCUT2D eigenvalue weighted by Gasteiger charge is 2.19. The highest BCUT2D eigenvalue weighted by molar-refractivity contribution is 6.30. The van der Waals surface area contributed by atoms with Gasteiger partial charge < -0.3 is 9.67 Å². The van der Waals surface area contributed by atoms with Crippen LogP contribution in [0.3, 0.4) is 0 Å². The predicted octanol–water partition coefficient (Wildman–Crippen LogP) is 3.22. The Morgan fingerprint density at radius 1 is 1.21 bits per heavy atom.